The molecule has 0 saturated carbocycles. The van der Waals surface area contributed by atoms with Crippen molar-refractivity contribution in [1.29, 1.82) is 0 Å². The van der Waals surface area contributed by atoms with Crippen molar-refractivity contribution in [2.45, 2.75) is 46.1 Å². The second-order valence-electron chi connectivity index (χ2n) is 9.05. The third kappa shape index (κ3) is 4.51. The molecule has 1 fully saturated rings. The van der Waals surface area contributed by atoms with Gasteiger partial charge in [0, 0.05) is 31.5 Å². The van der Waals surface area contributed by atoms with E-state index in [4.69, 9.17) is 9.52 Å². The van der Waals surface area contributed by atoms with E-state index in [0.29, 0.717) is 24.9 Å². The summed E-state index contributed by atoms with van der Waals surface area (Å²) in [6.07, 6.45) is 1.65. The predicted molar refractivity (Wildman–Crippen MR) is 130 cm³/mol. The van der Waals surface area contributed by atoms with Gasteiger partial charge in [-0.1, -0.05) is 42.5 Å². The minimum atomic E-state index is 0.0760. The van der Waals surface area contributed by atoms with Crippen molar-refractivity contribution in [3.05, 3.63) is 77.5 Å². The lowest BCUT2D eigenvalue weighted by molar-refractivity contribution is -0.133. The molecule has 7 heteroatoms. The Balaban J connectivity index is 1.36. The molecule has 2 aromatic heterocycles. The molecule has 34 heavy (non-hydrogen) atoms. The molecule has 0 bridgehead atoms. The predicted octanol–water partition coefficient (Wildman–Crippen LogP) is 4.93. The van der Waals surface area contributed by atoms with Crippen LogP contribution in [0.4, 0.5) is 0 Å². The summed E-state index contributed by atoms with van der Waals surface area (Å²) in [5, 5.41) is 13.0. The summed E-state index contributed by atoms with van der Waals surface area (Å²) < 4.78 is 7.44. The monoisotopic (exact) mass is 455 g/mol. The fraction of sp³-hybridized carbons (Fsp3) is 0.333. The van der Waals surface area contributed by atoms with Crippen LogP contribution in [-0.4, -0.2) is 43.9 Å². The third-order valence-corrected chi connectivity index (χ3v) is 6.68. The van der Waals surface area contributed by atoms with E-state index in [0.717, 1.165) is 35.4 Å². The van der Waals surface area contributed by atoms with E-state index in [2.05, 4.69) is 60.4 Å². The van der Waals surface area contributed by atoms with Crippen molar-refractivity contribution in [3.8, 4) is 22.5 Å². The van der Waals surface area contributed by atoms with Gasteiger partial charge in [-0.2, -0.15) is 5.10 Å². The zero-order valence-electron chi connectivity index (χ0n) is 19.9. The van der Waals surface area contributed by atoms with Gasteiger partial charge in [0.15, 0.2) is 0 Å². The van der Waals surface area contributed by atoms with Crippen LogP contribution in [0.3, 0.4) is 0 Å². The molecular formula is C27H29N5O2. The molecule has 7 nitrogen and oxygen atoms in total. The molecule has 0 N–H and O–H groups in total. The SMILES string of the molecule is Cc1nnc(C2CCN(C(=O)Cn3nc(-c4ccc(C)c(C)c4)cc3-c3ccccc3)CC2)o1. The Morgan fingerprint density at radius 3 is 2.38 bits per heavy atom. The highest BCUT2D eigenvalue weighted by molar-refractivity contribution is 5.78. The molecule has 3 heterocycles. The van der Waals surface area contributed by atoms with Crippen LogP contribution in [0.25, 0.3) is 22.5 Å². The van der Waals surface area contributed by atoms with Gasteiger partial charge in [-0.3, -0.25) is 9.48 Å². The van der Waals surface area contributed by atoms with Crippen LogP contribution in [0.15, 0.2) is 59.0 Å². The largest absolute Gasteiger partial charge is 0.425 e. The summed E-state index contributed by atoms with van der Waals surface area (Å²) in [7, 11) is 0. The van der Waals surface area contributed by atoms with Crippen LogP contribution in [0.5, 0.6) is 0 Å². The molecule has 1 aliphatic heterocycles. The molecule has 174 valence electrons. The van der Waals surface area contributed by atoms with Gasteiger partial charge in [0.1, 0.15) is 6.54 Å². The highest BCUT2D eigenvalue weighted by Crippen LogP contribution is 2.29. The van der Waals surface area contributed by atoms with Crippen LogP contribution in [0.2, 0.25) is 0 Å². The summed E-state index contributed by atoms with van der Waals surface area (Å²) >= 11 is 0. The number of likely N-dealkylation sites (tertiary alicyclic amines) is 1. The van der Waals surface area contributed by atoms with Crippen molar-refractivity contribution in [1.82, 2.24) is 24.9 Å². The normalized spacial score (nSPS) is 14.5. The Hall–Kier alpha value is -3.74. The van der Waals surface area contributed by atoms with E-state index in [-0.39, 0.29) is 18.4 Å². The van der Waals surface area contributed by atoms with E-state index in [1.54, 1.807) is 6.92 Å². The molecule has 2 aromatic carbocycles. The minimum Gasteiger partial charge on any atom is -0.425 e. The lowest BCUT2D eigenvalue weighted by Gasteiger charge is -2.30. The average Bonchev–Trinajstić information content (AvgIpc) is 3.48. The van der Waals surface area contributed by atoms with E-state index in [9.17, 15) is 4.79 Å². The molecule has 0 unspecified atom stereocenters. The smallest absolute Gasteiger partial charge is 0.244 e. The van der Waals surface area contributed by atoms with Crippen LogP contribution in [0, 0.1) is 20.8 Å². The van der Waals surface area contributed by atoms with E-state index in [1.165, 1.54) is 11.1 Å². The first kappa shape index (κ1) is 22.1. The second kappa shape index (κ2) is 9.25. The van der Waals surface area contributed by atoms with Crippen molar-refractivity contribution in [2.75, 3.05) is 13.1 Å². The first-order valence-electron chi connectivity index (χ1n) is 11.8. The van der Waals surface area contributed by atoms with Gasteiger partial charge in [0.05, 0.1) is 11.4 Å². The molecule has 0 spiro atoms. The summed E-state index contributed by atoms with van der Waals surface area (Å²) in [4.78, 5) is 15.2. The quantitative estimate of drug-likeness (QED) is 0.426. The molecule has 0 aliphatic carbocycles. The van der Waals surface area contributed by atoms with E-state index >= 15 is 0 Å². The number of hydrogen-bond donors (Lipinski definition) is 0. The first-order valence-corrected chi connectivity index (χ1v) is 11.8. The van der Waals surface area contributed by atoms with Crippen LogP contribution < -0.4 is 0 Å². The molecule has 1 saturated heterocycles. The van der Waals surface area contributed by atoms with Gasteiger partial charge in [0.25, 0.3) is 0 Å². The van der Waals surface area contributed by atoms with Gasteiger partial charge < -0.3 is 9.32 Å². The second-order valence-corrected chi connectivity index (χ2v) is 9.05. The molecule has 1 aliphatic rings. The molecular weight excluding hydrogens is 426 g/mol. The van der Waals surface area contributed by atoms with E-state index < -0.39 is 0 Å². The maximum absolute atomic E-state index is 13.3. The summed E-state index contributed by atoms with van der Waals surface area (Å²) in [5.41, 5.74) is 6.40. The average molecular weight is 456 g/mol. The van der Waals surface area contributed by atoms with Crippen LogP contribution >= 0.6 is 0 Å². The standard InChI is InChI=1S/C27H29N5O2/c1-18-9-10-23(15-19(18)2)24-16-25(21-7-5-4-6-8-21)32(30-24)17-26(33)31-13-11-22(12-14-31)27-29-28-20(3)34-27/h4-10,15-16,22H,11-14,17H2,1-3H3. The number of aryl methyl sites for hydroxylation is 3. The number of benzene rings is 2. The summed E-state index contributed by atoms with van der Waals surface area (Å²) in [6.45, 7) is 7.58. The number of hydrogen-bond acceptors (Lipinski definition) is 5. The Kier molecular flexibility index (Phi) is 6.01. The van der Waals surface area contributed by atoms with Crippen molar-refractivity contribution in [2.24, 2.45) is 0 Å². The van der Waals surface area contributed by atoms with Crippen molar-refractivity contribution in [3.63, 3.8) is 0 Å². The Labute approximate surface area is 199 Å². The van der Waals surface area contributed by atoms with Gasteiger partial charge in [-0.25, -0.2) is 0 Å². The highest BCUT2D eigenvalue weighted by atomic mass is 16.4. The number of carbonyl (C=O) groups is 1. The molecule has 0 atom stereocenters. The van der Waals surface area contributed by atoms with Crippen LogP contribution in [0.1, 0.15) is 41.7 Å². The molecule has 5 rings (SSSR count). The fourth-order valence-corrected chi connectivity index (χ4v) is 4.50. The van der Waals surface area contributed by atoms with Gasteiger partial charge in [0.2, 0.25) is 17.7 Å². The Bertz CT molecular complexity index is 1300. The third-order valence-electron chi connectivity index (χ3n) is 6.68. The fourth-order valence-electron chi connectivity index (χ4n) is 4.50. The zero-order valence-corrected chi connectivity index (χ0v) is 19.9. The number of amides is 1. The summed E-state index contributed by atoms with van der Waals surface area (Å²) in [5.74, 6) is 1.56. The number of aromatic nitrogens is 4. The Morgan fingerprint density at radius 1 is 0.941 bits per heavy atom. The zero-order chi connectivity index (χ0) is 23.7. The number of piperidine rings is 1. The Morgan fingerprint density at radius 2 is 1.71 bits per heavy atom. The van der Waals surface area contributed by atoms with Gasteiger partial charge in [-0.05, 0) is 55.5 Å². The van der Waals surface area contributed by atoms with Crippen molar-refractivity contribution < 1.29 is 9.21 Å². The molecule has 4 aromatic rings. The first-order chi connectivity index (χ1) is 16.5. The van der Waals surface area contributed by atoms with Gasteiger partial charge in [-0.15, -0.1) is 10.2 Å². The lowest BCUT2D eigenvalue weighted by atomic mass is 9.97. The minimum absolute atomic E-state index is 0.0760. The molecule has 1 amide bonds. The number of nitrogens with zero attached hydrogens (tertiary/aromatic N) is 5. The molecule has 0 radical (unpaired) electrons. The summed E-state index contributed by atoms with van der Waals surface area (Å²) in [6, 6.07) is 18.6. The topological polar surface area (TPSA) is 77.1 Å². The van der Waals surface area contributed by atoms with Crippen molar-refractivity contribution >= 4 is 5.91 Å². The van der Waals surface area contributed by atoms with Crippen LogP contribution in [-0.2, 0) is 11.3 Å². The number of carbonyl (C=O) groups excluding carboxylic acids is 1. The van der Waals surface area contributed by atoms with E-state index in [1.807, 2.05) is 27.8 Å². The maximum atomic E-state index is 13.3. The maximum Gasteiger partial charge on any atom is 0.244 e. The highest BCUT2D eigenvalue weighted by Gasteiger charge is 2.27. The lowest BCUT2D eigenvalue weighted by Crippen LogP contribution is -2.40. The number of rotatable bonds is 5. The van der Waals surface area contributed by atoms with Gasteiger partial charge >= 0.3 is 0 Å².